The van der Waals surface area contributed by atoms with Crippen molar-refractivity contribution in [2.75, 3.05) is 0 Å². The van der Waals surface area contributed by atoms with Gasteiger partial charge in [-0.25, -0.2) is 4.79 Å². The van der Waals surface area contributed by atoms with Gasteiger partial charge in [-0.3, -0.25) is 0 Å². The van der Waals surface area contributed by atoms with Gasteiger partial charge in [-0.15, -0.1) is 0 Å². The predicted octanol–water partition coefficient (Wildman–Crippen LogP) is 3.00. The molecule has 2 rings (SSSR count). The summed E-state index contributed by atoms with van der Waals surface area (Å²) in [5.41, 5.74) is 2.46. The first-order valence-corrected chi connectivity index (χ1v) is 5.64. The summed E-state index contributed by atoms with van der Waals surface area (Å²) in [6.07, 6.45) is 0. The fourth-order valence-corrected chi connectivity index (χ4v) is 1.57. The largest absolute Gasteiger partial charge is 0.332 e. The monoisotopic (exact) mass is 239 g/mol. The zero-order chi connectivity index (χ0) is 12.8. The number of benzene rings is 2. The smallest absolute Gasteiger partial charge is 0.318 e. The Kier molecular flexibility index (Phi) is 3.86. The van der Waals surface area contributed by atoms with Crippen molar-refractivity contribution in [2.45, 2.75) is 6.92 Å². The molecule has 0 aromatic heterocycles. The summed E-state index contributed by atoms with van der Waals surface area (Å²) in [7, 11) is 0. The maximum Gasteiger partial charge on any atom is 0.332 e. The summed E-state index contributed by atoms with van der Waals surface area (Å²) in [6.45, 7) is 1.33. The van der Waals surface area contributed by atoms with Gasteiger partial charge >= 0.3 is 5.97 Å². The van der Waals surface area contributed by atoms with Crippen LogP contribution in [0.5, 0.6) is 0 Å². The second-order valence-electron chi connectivity index (χ2n) is 3.75. The van der Waals surface area contributed by atoms with Crippen LogP contribution in [0.2, 0.25) is 0 Å². The highest BCUT2D eigenvalue weighted by atomic mass is 16.7. The fraction of sp³-hybridized carbons (Fsp3) is 0.0667. The van der Waals surface area contributed by atoms with Gasteiger partial charge in [-0.05, 0) is 0 Å². The molecule has 0 saturated heterocycles. The SMILES string of the molecule is CC(=O)ON=C(c1ccccc1)c1ccccc1. The van der Waals surface area contributed by atoms with E-state index in [-0.39, 0.29) is 0 Å². The van der Waals surface area contributed by atoms with Crippen LogP contribution in [-0.4, -0.2) is 11.7 Å². The second-order valence-corrected chi connectivity index (χ2v) is 3.75. The van der Waals surface area contributed by atoms with Crippen molar-refractivity contribution < 1.29 is 9.63 Å². The van der Waals surface area contributed by atoms with Crippen molar-refractivity contribution in [1.82, 2.24) is 0 Å². The van der Waals surface area contributed by atoms with Crippen LogP contribution in [0.1, 0.15) is 18.1 Å². The molecular weight excluding hydrogens is 226 g/mol. The number of hydrogen-bond donors (Lipinski definition) is 0. The highest BCUT2D eigenvalue weighted by Gasteiger charge is 2.07. The van der Waals surface area contributed by atoms with E-state index in [2.05, 4.69) is 5.16 Å². The van der Waals surface area contributed by atoms with Gasteiger partial charge in [0.05, 0.1) is 0 Å². The molecule has 0 heterocycles. The molecular formula is C15H13NO2. The van der Waals surface area contributed by atoms with Crippen molar-refractivity contribution >= 4 is 11.7 Å². The van der Waals surface area contributed by atoms with E-state index in [1.165, 1.54) is 6.92 Å². The highest BCUT2D eigenvalue weighted by molar-refractivity contribution is 6.12. The first kappa shape index (κ1) is 12.0. The molecule has 0 aliphatic carbocycles. The number of hydrogen-bond acceptors (Lipinski definition) is 3. The van der Waals surface area contributed by atoms with E-state index in [4.69, 9.17) is 4.84 Å². The van der Waals surface area contributed by atoms with Gasteiger partial charge in [-0.1, -0.05) is 65.8 Å². The Hall–Kier alpha value is -2.42. The van der Waals surface area contributed by atoms with E-state index in [0.717, 1.165) is 11.1 Å². The summed E-state index contributed by atoms with van der Waals surface area (Å²) in [4.78, 5) is 15.6. The average molecular weight is 239 g/mol. The Bertz CT molecular complexity index is 506. The summed E-state index contributed by atoms with van der Waals surface area (Å²) in [5, 5.41) is 3.93. The molecule has 2 aromatic rings. The van der Waals surface area contributed by atoms with Crippen molar-refractivity contribution in [2.24, 2.45) is 5.16 Å². The van der Waals surface area contributed by atoms with E-state index in [1.807, 2.05) is 60.7 Å². The molecule has 3 heteroatoms. The number of oxime groups is 1. The molecule has 3 nitrogen and oxygen atoms in total. The van der Waals surface area contributed by atoms with Crippen LogP contribution in [0.4, 0.5) is 0 Å². The topological polar surface area (TPSA) is 38.7 Å². The van der Waals surface area contributed by atoms with Crippen molar-refractivity contribution in [3.63, 3.8) is 0 Å². The molecule has 0 bridgehead atoms. The molecule has 2 aromatic carbocycles. The highest BCUT2D eigenvalue weighted by Crippen LogP contribution is 2.11. The van der Waals surface area contributed by atoms with E-state index < -0.39 is 5.97 Å². The lowest BCUT2D eigenvalue weighted by molar-refractivity contribution is -0.140. The van der Waals surface area contributed by atoms with Crippen LogP contribution in [0.15, 0.2) is 65.8 Å². The molecule has 0 unspecified atom stereocenters. The van der Waals surface area contributed by atoms with Gasteiger partial charge < -0.3 is 4.84 Å². The number of nitrogens with zero attached hydrogens (tertiary/aromatic N) is 1. The molecule has 0 aliphatic rings. The summed E-state index contributed by atoms with van der Waals surface area (Å²) < 4.78 is 0. The molecule has 0 fully saturated rings. The third-order valence-corrected chi connectivity index (χ3v) is 2.36. The maximum absolute atomic E-state index is 10.9. The van der Waals surface area contributed by atoms with Crippen molar-refractivity contribution in [3.8, 4) is 0 Å². The van der Waals surface area contributed by atoms with Gasteiger partial charge in [0.15, 0.2) is 0 Å². The molecule has 0 radical (unpaired) electrons. The van der Waals surface area contributed by atoms with E-state index in [0.29, 0.717) is 5.71 Å². The Morgan fingerprint density at radius 3 is 1.72 bits per heavy atom. The molecule has 90 valence electrons. The lowest BCUT2D eigenvalue weighted by Crippen LogP contribution is -2.05. The van der Waals surface area contributed by atoms with Crippen molar-refractivity contribution in [3.05, 3.63) is 71.8 Å². The van der Waals surface area contributed by atoms with Crippen LogP contribution >= 0.6 is 0 Å². The minimum Gasteiger partial charge on any atom is -0.318 e. The van der Waals surface area contributed by atoms with Gasteiger partial charge in [0.1, 0.15) is 5.71 Å². The summed E-state index contributed by atoms with van der Waals surface area (Å²) >= 11 is 0. The molecule has 0 aliphatic heterocycles. The number of carbonyl (C=O) groups is 1. The van der Waals surface area contributed by atoms with E-state index in [1.54, 1.807) is 0 Å². The van der Waals surface area contributed by atoms with E-state index >= 15 is 0 Å². The quantitative estimate of drug-likeness (QED) is 0.469. The molecule has 0 spiro atoms. The van der Waals surface area contributed by atoms with Crippen LogP contribution < -0.4 is 0 Å². The third kappa shape index (κ3) is 3.04. The minimum absolute atomic E-state index is 0.431. The zero-order valence-corrected chi connectivity index (χ0v) is 10.0. The van der Waals surface area contributed by atoms with Gasteiger partial charge in [0.2, 0.25) is 0 Å². The molecule has 18 heavy (non-hydrogen) atoms. The van der Waals surface area contributed by atoms with Crippen LogP contribution in [0.3, 0.4) is 0 Å². The Labute approximate surface area is 106 Å². The average Bonchev–Trinajstić information content (AvgIpc) is 2.41. The predicted molar refractivity (Wildman–Crippen MR) is 70.3 cm³/mol. The lowest BCUT2D eigenvalue weighted by atomic mass is 10.0. The first-order valence-electron chi connectivity index (χ1n) is 5.64. The van der Waals surface area contributed by atoms with Crippen molar-refractivity contribution in [1.29, 1.82) is 0 Å². The molecule has 0 amide bonds. The normalized spacial score (nSPS) is 9.61. The van der Waals surface area contributed by atoms with Crippen LogP contribution in [-0.2, 0) is 9.63 Å². The van der Waals surface area contributed by atoms with Gasteiger partial charge in [-0.2, -0.15) is 0 Å². The Morgan fingerprint density at radius 2 is 1.33 bits per heavy atom. The second kappa shape index (κ2) is 5.77. The van der Waals surface area contributed by atoms with Crippen LogP contribution in [0.25, 0.3) is 0 Å². The molecule has 0 N–H and O–H groups in total. The number of carbonyl (C=O) groups excluding carboxylic acids is 1. The molecule has 0 saturated carbocycles. The maximum atomic E-state index is 10.9. The standard InChI is InChI=1S/C15H13NO2/c1-12(17)18-16-15(13-8-4-2-5-9-13)14-10-6-3-7-11-14/h2-11H,1H3. The van der Waals surface area contributed by atoms with Crippen LogP contribution in [0, 0.1) is 0 Å². The Morgan fingerprint density at radius 1 is 0.889 bits per heavy atom. The Balaban J connectivity index is 2.42. The van der Waals surface area contributed by atoms with E-state index in [9.17, 15) is 4.79 Å². The molecule has 0 atom stereocenters. The lowest BCUT2D eigenvalue weighted by Gasteiger charge is -2.05. The van der Waals surface area contributed by atoms with Gasteiger partial charge in [0.25, 0.3) is 0 Å². The third-order valence-electron chi connectivity index (χ3n) is 2.36. The minimum atomic E-state index is -0.431. The summed E-state index contributed by atoms with van der Waals surface area (Å²) in [6, 6.07) is 19.2. The number of rotatable bonds is 3. The zero-order valence-electron chi connectivity index (χ0n) is 10.0. The first-order chi connectivity index (χ1) is 8.77. The fourth-order valence-electron chi connectivity index (χ4n) is 1.57. The summed E-state index contributed by atoms with van der Waals surface area (Å²) in [5.74, 6) is -0.431. The van der Waals surface area contributed by atoms with Gasteiger partial charge in [0, 0.05) is 18.1 Å².